The lowest BCUT2D eigenvalue weighted by molar-refractivity contribution is 1.11. The van der Waals surface area contributed by atoms with Gasteiger partial charge in [0, 0.05) is 42.3 Å². The number of nitrogens with zero attached hydrogens (tertiary/aromatic N) is 2. The molecule has 0 atom stereocenters. The second-order valence-electron chi connectivity index (χ2n) is 6.78. The quantitative estimate of drug-likeness (QED) is 0.705. The number of aromatic nitrogens is 1. The van der Waals surface area contributed by atoms with E-state index in [-0.39, 0.29) is 0 Å². The average molecular weight is 335 g/mol. The molecule has 2 aromatic rings. The smallest absolute Gasteiger partial charge is 0.138 e. The molecule has 0 aliphatic heterocycles. The van der Waals surface area contributed by atoms with Crippen LogP contribution in [0.25, 0.3) is 11.1 Å². The summed E-state index contributed by atoms with van der Waals surface area (Å²) in [4.78, 5) is 6.86. The Morgan fingerprint density at radius 1 is 1.12 bits per heavy atom. The molecule has 0 aliphatic carbocycles. The van der Waals surface area contributed by atoms with E-state index >= 15 is 0 Å². The van der Waals surface area contributed by atoms with E-state index in [1.807, 2.05) is 13.8 Å². The topological polar surface area (TPSA) is 28.2 Å². The fraction of sp³-hybridized carbons (Fsp3) is 0.318. The third-order valence-electron chi connectivity index (χ3n) is 4.47. The van der Waals surface area contributed by atoms with Crippen molar-refractivity contribution in [3.05, 3.63) is 59.8 Å². The molecular weight excluding hydrogens is 306 g/mol. The highest BCUT2D eigenvalue weighted by molar-refractivity contribution is 5.81. The molecule has 0 saturated heterocycles. The van der Waals surface area contributed by atoms with Crippen molar-refractivity contribution in [3.8, 4) is 0 Å². The number of anilines is 3. The van der Waals surface area contributed by atoms with E-state index in [4.69, 9.17) is 4.98 Å². The van der Waals surface area contributed by atoms with Gasteiger partial charge in [-0.05, 0) is 68.2 Å². The van der Waals surface area contributed by atoms with Gasteiger partial charge in [-0.25, -0.2) is 4.98 Å². The summed E-state index contributed by atoms with van der Waals surface area (Å²) in [6, 6.07) is 8.51. The van der Waals surface area contributed by atoms with E-state index in [0.29, 0.717) is 0 Å². The number of pyridine rings is 1. The molecule has 0 spiro atoms. The highest BCUT2D eigenvalue weighted by Gasteiger charge is 2.12. The predicted molar refractivity (Wildman–Crippen MR) is 112 cm³/mol. The van der Waals surface area contributed by atoms with Crippen LogP contribution >= 0.6 is 0 Å². The van der Waals surface area contributed by atoms with E-state index in [0.717, 1.165) is 40.3 Å². The first-order valence-corrected chi connectivity index (χ1v) is 8.65. The number of nitrogens with one attached hydrogen (secondary N) is 1. The zero-order chi connectivity index (χ0) is 18.7. The number of hydrogen-bond donors (Lipinski definition) is 1. The Hall–Kier alpha value is -2.55. The maximum absolute atomic E-state index is 4.74. The molecule has 2 rings (SSSR count). The van der Waals surface area contributed by atoms with Crippen molar-refractivity contribution in [1.29, 1.82) is 0 Å². The normalized spacial score (nSPS) is 10.5. The molecule has 25 heavy (non-hydrogen) atoms. The maximum Gasteiger partial charge on any atom is 0.138 e. The molecule has 0 fully saturated rings. The first-order valence-electron chi connectivity index (χ1n) is 8.65. The van der Waals surface area contributed by atoms with Crippen molar-refractivity contribution in [2.75, 3.05) is 24.3 Å². The second kappa shape index (κ2) is 7.56. The van der Waals surface area contributed by atoms with Gasteiger partial charge in [0.15, 0.2) is 0 Å². The first kappa shape index (κ1) is 18.8. The number of hydrogen-bond acceptors (Lipinski definition) is 3. The van der Waals surface area contributed by atoms with Crippen LogP contribution in [0.4, 0.5) is 17.2 Å². The van der Waals surface area contributed by atoms with Crippen LogP contribution in [-0.4, -0.2) is 19.1 Å². The van der Waals surface area contributed by atoms with Gasteiger partial charge < -0.3 is 10.2 Å². The SMILES string of the molecule is C=C(CC)c1cc(Nc2nc(C)c(C)cc2C(=C)C)ccc1N(C)C. The van der Waals surface area contributed by atoms with E-state index in [2.05, 4.69) is 75.6 Å². The van der Waals surface area contributed by atoms with E-state index in [1.54, 1.807) is 0 Å². The van der Waals surface area contributed by atoms with Gasteiger partial charge in [-0.1, -0.05) is 20.1 Å². The van der Waals surface area contributed by atoms with Crippen LogP contribution in [0.3, 0.4) is 0 Å². The van der Waals surface area contributed by atoms with Crippen LogP contribution < -0.4 is 10.2 Å². The van der Waals surface area contributed by atoms with Crippen LogP contribution in [0.5, 0.6) is 0 Å². The average Bonchev–Trinajstić information content (AvgIpc) is 2.56. The van der Waals surface area contributed by atoms with Gasteiger partial charge in [0.25, 0.3) is 0 Å². The summed E-state index contributed by atoms with van der Waals surface area (Å²) in [7, 11) is 4.11. The molecule has 3 heteroatoms. The molecule has 1 aromatic carbocycles. The standard InChI is InChI=1S/C22H29N3/c1-9-15(4)20-13-18(10-11-21(20)25(7)8)24-22-19(14(2)3)12-16(5)17(6)23-22/h10-13H,2,4,9H2,1,3,5-8H3,(H,23,24). The highest BCUT2D eigenvalue weighted by atomic mass is 15.1. The number of aryl methyl sites for hydroxylation is 2. The molecular formula is C22H29N3. The van der Waals surface area contributed by atoms with E-state index < -0.39 is 0 Å². The van der Waals surface area contributed by atoms with Crippen LogP contribution in [0.2, 0.25) is 0 Å². The first-order chi connectivity index (χ1) is 11.7. The molecule has 0 saturated carbocycles. The predicted octanol–water partition coefficient (Wildman–Crippen LogP) is 5.96. The van der Waals surface area contributed by atoms with Gasteiger partial charge in [-0.2, -0.15) is 0 Å². The third kappa shape index (κ3) is 4.11. The van der Waals surface area contributed by atoms with Crippen LogP contribution in [0.15, 0.2) is 37.4 Å². The molecule has 0 amide bonds. The summed E-state index contributed by atoms with van der Waals surface area (Å²) in [5, 5.41) is 3.48. The third-order valence-corrected chi connectivity index (χ3v) is 4.47. The highest BCUT2D eigenvalue weighted by Crippen LogP contribution is 2.32. The van der Waals surface area contributed by atoms with Gasteiger partial charge in [-0.3, -0.25) is 0 Å². The lowest BCUT2D eigenvalue weighted by Crippen LogP contribution is -2.11. The molecule has 1 N–H and O–H groups in total. The molecule has 0 unspecified atom stereocenters. The van der Waals surface area contributed by atoms with Crippen LogP contribution in [0, 0.1) is 13.8 Å². The maximum atomic E-state index is 4.74. The fourth-order valence-corrected chi connectivity index (χ4v) is 2.74. The Morgan fingerprint density at radius 3 is 2.36 bits per heavy atom. The Labute approximate surface area is 152 Å². The summed E-state index contributed by atoms with van der Waals surface area (Å²) < 4.78 is 0. The number of benzene rings is 1. The fourth-order valence-electron chi connectivity index (χ4n) is 2.74. The Morgan fingerprint density at radius 2 is 1.80 bits per heavy atom. The summed E-state index contributed by atoms with van der Waals surface area (Å²) in [6.45, 7) is 16.6. The largest absolute Gasteiger partial charge is 0.377 e. The van der Waals surface area contributed by atoms with Crippen molar-refractivity contribution in [1.82, 2.24) is 4.98 Å². The molecule has 0 bridgehead atoms. The van der Waals surface area contributed by atoms with Gasteiger partial charge in [-0.15, -0.1) is 0 Å². The van der Waals surface area contributed by atoms with Crippen molar-refractivity contribution >= 4 is 28.3 Å². The van der Waals surface area contributed by atoms with Gasteiger partial charge >= 0.3 is 0 Å². The van der Waals surface area contributed by atoms with Gasteiger partial charge in [0.2, 0.25) is 0 Å². The number of allylic oxidation sites excluding steroid dienone is 2. The molecule has 1 aromatic heterocycles. The summed E-state index contributed by atoms with van der Waals surface area (Å²) >= 11 is 0. The molecule has 3 nitrogen and oxygen atoms in total. The molecule has 132 valence electrons. The molecule has 1 heterocycles. The summed E-state index contributed by atoms with van der Waals surface area (Å²) in [5.41, 5.74) is 8.72. The van der Waals surface area contributed by atoms with Gasteiger partial charge in [0.05, 0.1) is 0 Å². The van der Waals surface area contributed by atoms with Crippen molar-refractivity contribution in [3.63, 3.8) is 0 Å². The van der Waals surface area contributed by atoms with Crippen molar-refractivity contribution in [2.45, 2.75) is 34.1 Å². The monoisotopic (exact) mass is 335 g/mol. The Kier molecular flexibility index (Phi) is 5.68. The van der Waals surface area contributed by atoms with E-state index in [9.17, 15) is 0 Å². The lowest BCUT2D eigenvalue weighted by Gasteiger charge is -2.20. The second-order valence-corrected chi connectivity index (χ2v) is 6.78. The minimum absolute atomic E-state index is 0.848. The Balaban J connectivity index is 2.49. The summed E-state index contributed by atoms with van der Waals surface area (Å²) in [6.07, 6.45) is 0.920. The zero-order valence-corrected chi connectivity index (χ0v) is 16.3. The minimum atomic E-state index is 0.848. The molecule has 0 radical (unpaired) electrons. The summed E-state index contributed by atoms with van der Waals surface area (Å²) in [5.74, 6) is 0.848. The van der Waals surface area contributed by atoms with Crippen LogP contribution in [0.1, 0.15) is 42.7 Å². The van der Waals surface area contributed by atoms with E-state index in [1.165, 1.54) is 16.8 Å². The van der Waals surface area contributed by atoms with Crippen molar-refractivity contribution in [2.24, 2.45) is 0 Å². The van der Waals surface area contributed by atoms with Gasteiger partial charge in [0.1, 0.15) is 5.82 Å². The van der Waals surface area contributed by atoms with Crippen LogP contribution in [-0.2, 0) is 0 Å². The zero-order valence-electron chi connectivity index (χ0n) is 16.3. The lowest BCUT2D eigenvalue weighted by atomic mass is 10.0. The Bertz CT molecular complexity index is 816. The minimum Gasteiger partial charge on any atom is -0.377 e. The molecule has 0 aliphatic rings. The van der Waals surface area contributed by atoms with Crippen molar-refractivity contribution < 1.29 is 0 Å². The number of rotatable bonds is 6.